The van der Waals surface area contributed by atoms with E-state index in [2.05, 4.69) is 14.9 Å². The van der Waals surface area contributed by atoms with Gasteiger partial charge >= 0.3 is 0 Å². The second-order valence-corrected chi connectivity index (χ2v) is 6.16. The molecule has 0 spiro atoms. The van der Waals surface area contributed by atoms with Crippen molar-refractivity contribution in [2.45, 2.75) is 19.4 Å². The van der Waals surface area contributed by atoms with Crippen LogP contribution in [0.2, 0.25) is 0 Å². The van der Waals surface area contributed by atoms with E-state index in [0.717, 1.165) is 56.0 Å². The lowest BCUT2D eigenvalue weighted by molar-refractivity contribution is -0.130. The molecule has 0 aliphatic carbocycles. The molecule has 1 fully saturated rings. The average molecular weight is 328 g/mol. The van der Waals surface area contributed by atoms with E-state index >= 15 is 0 Å². The number of fused-ring (bicyclic) bond motifs is 1. The number of amides is 1. The Kier molecular flexibility index (Phi) is 5.72. The lowest BCUT2D eigenvalue weighted by Crippen LogP contribution is -2.37. The van der Waals surface area contributed by atoms with Gasteiger partial charge in [0, 0.05) is 26.6 Å². The fourth-order valence-corrected chi connectivity index (χ4v) is 2.87. The number of aromatic nitrogens is 2. The smallest absolute Gasteiger partial charge is 0.222 e. The van der Waals surface area contributed by atoms with Gasteiger partial charge < -0.3 is 9.64 Å². The van der Waals surface area contributed by atoms with Gasteiger partial charge in [-0.25, -0.2) is 4.98 Å². The summed E-state index contributed by atoms with van der Waals surface area (Å²) in [5.41, 5.74) is 2.56. The Bertz CT molecular complexity index is 686. The van der Waals surface area contributed by atoms with Crippen LogP contribution in [-0.4, -0.2) is 65.6 Å². The summed E-state index contributed by atoms with van der Waals surface area (Å²) in [6.45, 7) is 4.99. The molecule has 6 nitrogen and oxygen atoms in total. The Hall–Kier alpha value is -2.05. The van der Waals surface area contributed by atoms with Crippen molar-refractivity contribution in [1.29, 1.82) is 0 Å². The van der Waals surface area contributed by atoms with Gasteiger partial charge in [0.2, 0.25) is 5.91 Å². The van der Waals surface area contributed by atoms with Crippen LogP contribution in [0.5, 0.6) is 0 Å². The largest absolute Gasteiger partial charge is 0.379 e. The molecule has 2 heterocycles. The Morgan fingerprint density at radius 2 is 2.00 bits per heavy atom. The second-order valence-electron chi connectivity index (χ2n) is 6.16. The van der Waals surface area contributed by atoms with Gasteiger partial charge in [-0.3, -0.25) is 14.7 Å². The third-order valence-corrected chi connectivity index (χ3v) is 4.29. The van der Waals surface area contributed by atoms with Crippen molar-refractivity contribution >= 4 is 16.9 Å². The minimum absolute atomic E-state index is 0.151. The van der Waals surface area contributed by atoms with Gasteiger partial charge in [0.05, 0.1) is 42.7 Å². The predicted octanol–water partition coefficient (Wildman–Crippen LogP) is 1.70. The van der Waals surface area contributed by atoms with Gasteiger partial charge in [0.25, 0.3) is 0 Å². The van der Waals surface area contributed by atoms with Crippen molar-refractivity contribution in [2.75, 3.05) is 39.9 Å². The number of ether oxygens (including phenoxy) is 1. The molecule has 1 aliphatic heterocycles. The van der Waals surface area contributed by atoms with E-state index in [4.69, 9.17) is 4.74 Å². The second kappa shape index (κ2) is 8.17. The summed E-state index contributed by atoms with van der Waals surface area (Å²) in [7, 11) is 1.83. The monoisotopic (exact) mass is 328 g/mol. The van der Waals surface area contributed by atoms with Gasteiger partial charge in [-0.1, -0.05) is 12.1 Å². The summed E-state index contributed by atoms with van der Waals surface area (Å²) in [6, 6.07) is 7.77. The highest BCUT2D eigenvalue weighted by molar-refractivity contribution is 5.76. The van der Waals surface area contributed by atoms with Crippen molar-refractivity contribution in [3.05, 3.63) is 36.2 Å². The highest BCUT2D eigenvalue weighted by Crippen LogP contribution is 2.10. The van der Waals surface area contributed by atoms with Crippen molar-refractivity contribution in [1.82, 2.24) is 19.8 Å². The molecule has 0 bridgehead atoms. The molecular weight excluding hydrogens is 304 g/mol. The third kappa shape index (κ3) is 4.49. The van der Waals surface area contributed by atoms with E-state index < -0.39 is 0 Å². The molecule has 128 valence electrons. The van der Waals surface area contributed by atoms with E-state index in [-0.39, 0.29) is 5.91 Å². The minimum Gasteiger partial charge on any atom is -0.379 e. The Balaban J connectivity index is 1.47. The van der Waals surface area contributed by atoms with E-state index in [1.165, 1.54) is 0 Å². The molecule has 1 amide bonds. The maximum atomic E-state index is 12.3. The molecule has 0 atom stereocenters. The first kappa shape index (κ1) is 16.8. The van der Waals surface area contributed by atoms with Crippen LogP contribution in [0.4, 0.5) is 0 Å². The molecule has 2 aromatic rings. The van der Waals surface area contributed by atoms with E-state index in [1.54, 1.807) is 11.1 Å². The SMILES string of the molecule is CN(Cc1cnc2ccccc2n1)C(=O)CCCN1CCOCC1. The maximum absolute atomic E-state index is 12.3. The summed E-state index contributed by atoms with van der Waals surface area (Å²) in [5, 5.41) is 0. The molecule has 1 aromatic heterocycles. The number of carbonyl (C=O) groups excluding carboxylic acids is 1. The number of hydrogen-bond acceptors (Lipinski definition) is 5. The highest BCUT2D eigenvalue weighted by atomic mass is 16.5. The van der Waals surface area contributed by atoms with E-state index in [9.17, 15) is 4.79 Å². The summed E-state index contributed by atoms with van der Waals surface area (Å²) in [4.78, 5) is 25.3. The van der Waals surface area contributed by atoms with Crippen LogP contribution in [0.15, 0.2) is 30.5 Å². The highest BCUT2D eigenvalue weighted by Gasteiger charge is 2.13. The zero-order valence-corrected chi connectivity index (χ0v) is 14.1. The third-order valence-electron chi connectivity index (χ3n) is 4.29. The molecule has 1 aromatic carbocycles. The Labute approximate surface area is 142 Å². The van der Waals surface area contributed by atoms with Crippen LogP contribution in [0.3, 0.4) is 0 Å². The quantitative estimate of drug-likeness (QED) is 0.808. The molecule has 1 saturated heterocycles. The average Bonchev–Trinajstić information content (AvgIpc) is 2.62. The fourth-order valence-electron chi connectivity index (χ4n) is 2.87. The normalized spacial score (nSPS) is 15.5. The number of rotatable bonds is 6. The topological polar surface area (TPSA) is 58.6 Å². The summed E-state index contributed by atoms with van der Waals surface area (Å²) >= 11 is 0. The van der Waals surface area contributed by atoms with Crippen LogP contribution in [0.1, 0.15) is 18.5 Å². The van der Waals surface area contributed by atoms with Crippen molar-refractivity contribution in [3.63, 3.8) is 0 Å². The van der Waals surface area contributed by atoms with Crippen LogP contribution < -0.4 is 0 Å². The molecule has 24 heavy (non-hydrogen) atoms. The minimum atomic E-state index is 0.151. The number of nitrogens with zero attached hydrogens (tertiary/aromatic N) is 4. The number of hydrogen-bond donors (Lipinski definition) is 0. The molecule has 6 heteroatoms. The van der Waals surface area contributed by atoms with Crippen molar-refractivity contribution < 1.29 is 9.53 Å². The fraction of sp³-hybridized carbons (Fsp3) is 0.500. The maximum Gasteiger partial charge on any atom is 0.222 e. The summed E-state index contributed by atoms with van der Waals surface area (Å²) < 4.78 is 5.33. The van der Waals surface area contributed by atoms with Crippen LogP contribution in [0.25, 0.3) is 11.0 Å². The van der Waals surface area contributed by atoms with Gasteiger partial charge in [0.15, 0.2) is 0 Å². The lowest BCUT2D eigenvalue weighted by Gasteiger charge is -2.26. The van der Waals surface area contributed by atoms with E-state index in [1.807, 2.05) is 31.3 Å². The molecular formula is C18H24N4O2. The zero-order valence-electron chi connectivity index (χ0n) is 14.1. The Morgan fingerprint density at radius 3 is 2.79 bits per heavy atom. The number of morpholine rings is 1. The number of para-hydroxylation sites is 2. The van der Waals surface area contributed by atoms with Gasteiger partial charge in [-0.05, 0) is 25.1 Å². The van der Waals surface area contributed by atoms with Crippen molar-refractivity contribution in [3.8, 4) is 0 Å². The molecule has 3 rings (SSSR count). The summed E-state index contributed by atoms with van der Waals surface area (Å²) in [5.74, 6) is 0.151. The molecule has 0 unspecified atom stereocenters. The first-order valence-electron chi connectivity index (χ1n) is 8.47. The van der Waals surface area contributed by atoms with Crippen molar-refractivity contribution in [2.24, 2.45) is 0 Å². The molecule has 0 radical (unpaired) electrons. The number of benzene rings is 1. The lowest BCUT2D eigenvalue weighted by atomic mass is 10.2. The molecule has 0 saturated carbocycles. The van der Waals surface area contributed by atoms with Crippen LogP contribution >= 0.6 is 0 Å². The number of carbonyl (C=O) groups is 1. The Morgan fingerprint density at radius 1 is 1.25 bits per heavy atom. The first-order valence-corrected chi connectivity index (χ1v) is 8.47. The predicted molar refractivity (Wildman–Crippen MR) is 92.5 cm³/mol. The molecule has 1 aliphatic rings. The zero-order chi connectivity index (χ0) is 16.8. The van der Waals surface area contributed by atoms with Gasteiger partial charge in [-0.2, -0.15) is 0 Å². The van der Waals surface area contributed by atoms with Gasteiger partial charge in [0.1, 0.15) is 0 Å². The van der Waals surface area contributed by atoms with Crippen LogP contribution in [-0.2, 0) is 16.1 Å². The standard InChI is InChI=1S/C18H24N4O2/c1-21(18(23)7-4-8-22-9-11-24-12-10-22)14-15-13-19-16-5-2-3-6-17(16)20-15/h2-3,5-6,13H,4,7-12,14H2,1H3. The van der Waals surface area contributed by atoms with Gasteiger partial charge in [-0.15, -0.1) is 0 Å². The van der Waals surface area contributed by atoms with Crippen LogP contribution in [0, 0.1) is 0 Å². The summed E-state index contributed by atoms with van der Waals surface area (Å²) in [6.07, 6.45) is 3.20. The van der Waals surface area contributed by atoms with E-state index in [0.29, 0.717) is 13.0 Å². The molecule has 0 N–H and O–H groups in total. The first-order chi connectivity index (χ1) is 11.7.